The van der Waals surface area contributed by atoms with Crippen molar-refractivity contribution in [3.63, 3.8) is 0 Å². The van der Waals surface area contributed by atoms with Gasteiger partial charge < -0.3 is 4.74 Å². The Labute approximate surface area is 114 Å². The van der Waals surface area contributed by atoms with Crippen LogP contribution in [0.3, 0.4) is 0 Å². The van der Waals surface area contributed by atoms with Crippen molar-refractivity contribution >= 4 is 10.0 Å². The Bertz CT molecular complexity index is 572. The fraction of sp³-hybridized carbons (Fsp3) is 0.545. The van der Waals surface area contributed by atoms with Gasteiger partial charge >= 0.3 is 6.18 Å². The van der Waals surface area contributed by atoms with E-state index in [9.17, 15) is 21.6 Å². The van der Waals surface area contributed by atoms with Crippen LogP contribution in [-0.2, 0) is 20.9 Å². The van der Waals surface area contributed by atoms with Crippen molar-refractivity contribution in [2.75, 3.05) is 6.61 Å². The molecule has 112 valence electrons. The van der Waals surface area contributed by atoms with Crippen molar-refractivity contribution in [1.29, 1.82) is 0 Å². The Morgan fingerprint density at radius 2 is 2.10 bits per heavy atom. The molecule has 9 heteroatoms. The SMILES string of the molecule is CC1OCCC1NS(=O)(=O)c1ccc(C(F)(F)F)nc1. The molecule has 1 aromatic rings. The number of aromatic nitrogens is 1. The number of alkyl halides is 3. The van der Waals surface area contributed by atoms with E-state index in [1.165, 1.54) is 0 Å². The second-order valence-electron chi connectivity index (χ2n) is 4.47. The number of sulfonamides is 1. The molecule has 2 unspecified atom stereocenters. The van der Waals surface area contributed by atoms with Crippen molar-refractivity contribution in [1.82, 2.24) is 9.71 Å². The lowest BCUT2D eigenvalue weighted by Gasteiger charge is -2.16. The predicted octanol–water partition coefficient (Wildman–Crippen LogP) is 1.56. The van der Waals surface area contributed by atoms with Crippen LogP contribution in [0.25, 0.3) is 0 Å². The standard InChI is InChI=1S/C11H13F3N2O3S/c1-7-9(4-5-19-7)16-20(17,18)8-2-3-10(15-6-8)11(12,13)14/h2-3,6-7,9,16H,4-5H2,1H3. The van der Waals surface area contributed by atoms with Crippen LogP contribution in [0.1, 0.15) is 19.0 Å². The van der Waals surface area contributed by atoms with Gasteiger partial charge in [-0.2, -0.15) is 13.2 Å². The first-order valence-electron chi connectivity index (χ1n) is 5.87. The van der Waals surface area contributed by atoms with Crippen LogP contribution in [0.4, 0.5) is 13.2 Å². The number of hydrogen-bond acceptors (Lipinski definition) is 4. The van der Waals surface area contributed by atoms with Gasteiger partial charge in [0.15, 0.2) is 0 Å². The quantitative estimate of drug-likeness (QED) is 0.920. The molecule has 1 N–H and O–H groups in total. The molecule has 0 amide bonds. The van der Waals surface area contributed by atoms with Crippen LogP contribution in [0.2, 0.25) is 0 Å². The third kappa shape index (κ3) is 3.28. The summed E-state index contributed by atoms with van der Waals surface area (Å²) in [7, 11) is -3.90. The highest BCUT2D eigenvalue weighted by Gasteiger charge is 2.33. The average Bonchev–Trinajstić information content (AvgIpc) is 2.73. The second-order valence-corrected chi connectivity index (χ2v) is 6.18. The molecule has 1 aromatic heterocycles. The molecular formula is C11H13F3N2O3S. The van der Waals surface area contributed by atoms with E-state index >= 15 is 0 Å². The van der Waals surface area contributed by atoms with Crippen LogP contribution in [-0.4, -0.2) is 32.2 Å². The van der Waals surface area contributed by atoms with Crippen molar-refractivity contribution in [3.8, 4) is 0 Å². The lowest BCUT2D eigenvalue weighted by Crippen LogP contribution is -2.39. The van der Waals surface area contributed by atoms with Crippen LogP contribution < -0.4 is 4.72 Å². The Morgan fingerprint density at radius 1 is 1.40 bits per heavy atom. The molecule has 0 bridgehead atoms. The molecule has 2 heterocycles. The van der Waals surface area contributed by atoms with Crippen molar-refractivity contribution in [2.24, 2.45) is 0 Å². The summed E-state index contributed by atoms with van der Waals surface area (Å²) in [4.78, 5) is 2.83. The number of halogens is 3. The first-order chi connectivity index (χ1) is 9.20. The lowest BCUT2D eigenvalue weighted by molar-refractivity contribution is -0.141. The fourth-order valence-corrected chi connectivity index (χ4v) is 3.14. The smallest absolute Gasteiger partial charge is 0.377 e. The molecule has 1 aliphatic heterocycles. The summed E-state index contributed by atoms with van der Waals surface area (Å²) < 4.78 is 68.7. The Morgan fingerprint density at radius 3 is 2.55 bits per heavy atom. The number of ether oxygens (including phenoxy) is 1. The average molecular weight is 310 g/mol. The maximum atomic E-state index is 12.4. The molecule has 1 aliphatic rings. The largest absolute Gasteiger partial charge is 0.433 e. The summed E-state index contributed by atoms with van der Waals surface area (Å²) in [6.45, 7) is 2.17. The van der Waals surface area contributed by atoms with Crippen LogP contribution >= 0.6 is 0 Å². The van der Waals surface area contributed by atoms with Gasteiger partial charge in [-0.05, 0) is 25.5 Å². The van der Waals surface area contributed by atoms with Gasteiger partial charge in [0.25, 0.3) is 0 Å². The third-order valence-electron chi connectivity index (χ3n) is 3.02. The van der Waals surface area contributed by atoms with Gasteiger partial charge in [-0.25, -0.2) is 13.1 Å². The van der Waals surface area contributed by atoms with Crippen molar-refractivity contribution in [2.45, 2.75) is 36.6 Å². The molecule has 1 fully saturated rings. The van der Waals surface area contributed by atoms with E-state index in [-0.39, 0.29) is 17.0 Å². The molecule has 2 rings (SSSR count). The number of hydrogen-bond donors (Lipinski definition) is 1. The number of nitrogens with one attached hydrogen (secondary N) is 1. The van der Waals surface area contributed by atoms with Crippen molar-refractivity contribution < 1.29 is 26.3 Å². The zero-order valence-electron chi connectivity index (χ0n) is 10.5. The summed E-state index contributed by atoms with van der Waals surface area (Å²) >= 11 is 0. The van der Waals surface area contributed by atoms with Crippen LogP contribution in [0, 0.1) is 0 Å². The van der Waals surface area contributed by atoms with Gasteiger partial charge in [0.2, 0.25) is 10.0 Å². The highest BCUT2D eigenvalue weighted by Crippen LogP contribution is 2.27. The van der Waals surface area contributed by atoms with Gasteiger partial charge in [0, 0.05) is 12.8 Å². The fourth-order valence-electron chi connectivity index (χ4n) is 1.86. The molecule has 1 saturated heterocycles. The monoisotopic (exact) mass is 310 g/mol. The molecule has 2 atom stereocenters. The highest BCUT2D eigenvalue weighted by molar-refractivity contribution is 7.89. The van der Waals surface area contributed by atoms with E-state index in [1.807, 2.05) is 0 Å². The molecule has 0 saturated carbocycles. The maximum Gasteiger partial charge on any atom is 0.433 e. The normalized spacial score (nSPS) is 24.0. The molecule has 0 aromatic carbocycles. The Balaban J connectivity index is 2.17. The molecule has 0 radical (unpaired) electrons. The Hall–Kier alpha value is -1.19. The number of nitrogens with zero attached hydrogens (tertiary/aromatic N) is 1. The van der Waals surface area contributed by atoms with E-state index < -0.39 is 21.9 Å². The predicted molar refractivity (Wildman–Crippen MR) is 63.4 cm³/mol. The number of pyridine rings is 1. The van der Waals surface area contributed by atoms with Crippen LogP contribution in [0.15, 0.2) is 23.2 Å². The molecular weight excluding hydrogens is 297 g/mol. The zero-order valence-corrected chi connectivity index (χ0v) is 11.3. The van der Waals surface area contributed by atoms with Gasteiger partial charge in [0.05, 0.1) is 12.1 Å². The second kappa shape index (κ2) is 5.30. The van der Waals surface area contributed by atoms with E-state index in [0.717, 1.165) is 6.07 Å². The van der Waals surface area contributed by atoms with Gasteiger partial charge in [-0.1, -0.05) is 0 Å². The Kier molecular flexibility index (Phi) is 4.03. The van der Waals surface area contributed by atoms with Gasteiger partial charge in [0.1, 0.15) is 10.6 Å². The van der Waals surface area contributed by atoms with E-state index in [4.69, 9.17) is 4.74 Å². The van der Waals surface area contributed by atoms with E-state index in [1.54, 1.807) is 6.92 Å². The topological polar surface area (TPSA) is 68.3 Å². The van der Waals surface area contributed by atoms with E-state index in [2.05, 4.69) is 9.71 Å². The molecule has 0 spiro atoms. The summed E-state index contributed by atoms with van der Waals surface area (Å²) in [5.74, 6) is 0. The van der Waals surface area contributed by atoms with Crippen LogP contribution in [0.5, 0.6) is 0 Å². The maximum absolute atomic E-state index is 12.4. The third-order valence-corrected chi connectivity index (χ3v) is 4.49. The van der Waals surface area contributed by atoms with E-state index in [0.29, 0.717) is 25.3 Å². The minimum Gasteiger partial charge on any atom is -0.377 e. The minimum atomic E-state index is -4.59. The minimum absolute atomic E-state index is 0.271. The zero-order chi connectivity index (χ0) is 15.0. The molecule has 5 nitrogen and oxygen atoms in total. The van der Waals surface area contributed by atoms with Gasteiger partial charge in [-0.15, -0.1) is 0 Å². The molecule has 20 heavy (non-hydrogen) atoms. The summed E-state index contributed by atoms with van der Waals surface area (Å²) in [6, 6.07) is 1.14. The first-order valence-corrected chi connectivity index (χ1v) is 7.35. The summed E-state index contributed by atoms with van der Waals surface area (Å²) in [5.41, 5.74) is -1.13. The highest BCUT2D eigenvalue weighted by atomic mass is 32.2. The summed E-state index contributed by atoms with van der Waals surface area (Å²) in [5, 5.41) is 0. The lowest BCUT2D eigenvalue weighted by atomic mass is 10.2. The first kappa shape index (κ1) is 15.2. The van der Waals surface area contributed by atoms with Gasteiger partial charge in [-0.3, -0.25) is 4.98 Å². The molecule has 0 aliphatic carbocycles. The van der Waals surface area contributed by atoms with Crippen molar-refractivity contribution in [3.05, 3.63) is 24.0 Å². The number of rotatable bonds is 3. The summed E-state index contributed by atoms with van der Waals surface area (Å²) in [6.07, 6.45) is -3.64.